The van der Waals surface area contributed by atoms with Gasteiger partial charge in [-0.2, -0.15) is 10.5 Å². The van der Waals surface area contributed by atoms with Crippen LogP contribution in [0.3, 0.4) is 0 Å². The third kappa shape index (κ3) is 2.83. The molecule has 3 rings (SSSR count). The molecule has 22 heavy (non-hydrogen) atoms. The van der Waals surface area contributed by atoms with E-state index in [4.69, 9.17) is 10.5 Å². The van der Waals surface area contributed by atoms with Crippen LogP contribution in [0.4, 0.5) is 0 Å². The van der Waals surface area contributed by atoms with Crippen molar-refractivity contribution in [1.82, 2.24) is 9.97 Å². The van der Waals surface area contributed by atoms with E-state index in [-0.39, 0.29) is 5.71 Å². The monoisotopic (exact) mass is 303 g/mol. The van der Waals surface area contributed by atoms with E-state index in [0.717, 1.165) is 26.4 Å². The topological polar surface area (TPSA) is 85.7 Å². The molecular weight excluding hydrogens is 294 g/mol. The van der Waals surface area contributed by atoms with Crippen molar-refractivity contribution in [1.29, 1.82) is 10.5 Å². The summed E-state index contributed by atoms with van der Waals surface area (Å²) < 4.78 is 1.04. The van der Waals surface area contributed by atoms with Crippen molar-refractivity contribution in [3.8, 4) is 22.7 Å². The number of hydrogen-bond donors (Lipinski definition) is 0. The first-order valence-electron chi connectivity index (χ1n) is 6.44. The molecule has 0 aliphatic heterocycles. The molecule has 0 aliphatic carbocycles. The van der Waals surface area contributed by atoms with Crippen LogP contribution < -0.4 is 0 Å². The molecule has 2 heterocycles. The zero-order chi connectivity index (χ0) is 15.4. The van der Waals surface area contributed by atoms with Crippen molar-refractivity contribution in [3.63, 3.8) is 0 Å². The van der Waals surface area contributed by atoms with Crippen molar-refractivity contribution < 1.29 is 0 Å². The van der Waals surface area contributed by atoms with Gasteiger partial charge >= 0.3 is 0 Å². The fourth-order valence-corrected chi connectivity index (χ4v) is 2.97. The minimum absolute atomic E-state index is 0.111. The second-order valence-corrected chi connectivity index (χ2v) is 5.48. The molecule has 5 nitrogen and oxygen atoms in total. The van der Waals surface area contributed by atoms with Crippen LogP contribution in [0.1, 0.15) is 5.56 Å². The number of aromatic nitrogens is 2. The number of pyridine rings is 1. The summed E-state index contributed by atoms with van der Waals surface area (Å²) in [6, 6.07) is 13.2. The van der Waals surface area contributed by atoms with Crippen LogP contribution in [0.5, 0.6) is 0 Å². The van der Waals surface area contributed by atoms with E-state index in [9.17, 15) is 0 Å². The second-order valence-electron chi connectivity index (χ2n) is 4.45. The molecule has 0 bridgehead atoms. The molecule has 0 saturated carbocycles. The quantitative estimate of drug-likeness (QED) is 0.694. The highest BCUT2D eigenvalue weighted by Gasteiger charge is 2.07. The lowest BCUT2D eigenvalue weighted by molar-refractivity contribution is 1.08. The van der Waals surface area contributed by atoms with Crippen LogP contribution in [0, 0.1) is 22.7 Å². The zero-order valence-corrected chi connectivity index (χ0v) is 12.2. The molecule has 1 aromatic carbocycles. The third-order valence-corrected chi connectivity index (χ3v) is 4.06. The Morgan fingerprint density at radius 3 is 2.82 bits per heavy atom. The number of nitrogens with zero attached hydrogens (tertiary/aromatic N) is 5. The smallest absolute Gasteiger partial charge is 0.213 e. The molecule has 0 unspecified atom stereocenters. The summed E-state index contributed by atoms with van der Waals surface area (Å²) in [6.45, 7) is 0.312. The maximum atomic E-state index is 8.69. The van der Waals surface area contributed by atoms with Gasteiger partial charge in [0.2, 0.25) is 5.71 Å². The van der Waals surface area contributed by atoms with Crippen LogP contribution in [-0.4, -0.2) is 15.7 Å². The maximum Gasteiger partial charge on any atom is 0.213 e. The molecule has 0 fully saturated rings. The molecular formula is C16H9N5S. The highest BCUT2D eigenvalue weighted by molar-refractivity contribution is 7.21. The van der Waals surface area contributed by atoms with Crippen LogP contribution in [0.2, 0.25) is 0 Å². The summed E-state index contributed by atoms with van der Waals surface area (Å²) in [7, 11) is 0. The lowest BCUT2D eigenvalue weighted by Gasteiger charge is -1.95. The van der Waals surface area contributed by atoms with Crippen molar-refractivity contribution in [2.45, 2.75) is 6.54 Å². The van der Waals surface area contributed by atoms with Gasteiger partial charge in [0.1, 0.15) is 17.1 Å². The van der Waals surface area contributed by atoms with Gasteiger partial charge in [0, 0.05) is 18.0 Å². The number of aliphatic imine (C=N–C) groups is 1. The lowest BCUT2D eigenvalue weighted by atomic mass is 10.2. The Bertz CT molecular complexity index is 913. The van der Waals surface area contributed by atoms with E-state index < -0.39 is 0 Å². The van der Waals surface area contributed by atoms with Crippen LogP contribution in [0.25, 0.3) is 20.8 Å². The Hall–Kier alpha value is -3.09. The number of nitriles is 2. The number of hydrogen-bond acceptors (Lipinski definition) is 6. The Labute approximate surface area is 130 Å². The minimum atomic E-state index is -0.111. The minimum Gasteiger partial charge on any atom is -0.264 e. The van der Waals surface area contributed by atoms with Crippen molar-refractivity contribution >= 4 is 27.3 Å². The van der Waals surface area contributed by atoms with Crippen LogP contribution in [-0.2, 0) is 6.54 Å². The van der Waals surface area contributed by atoms with Gasteiger partial charge in [-0.05, 0) is 29.8 Å². The van der Waals surface area contributed by atoms with Gasteiger partial charge in [0.15, 0.2) is 0 Å². The number of rotatable bonds is 3. The van der Waals surface area contributed by atoms with E-state index in [0.29, 0.717) is 6.54 Å². The molecule has 104 valence electrons. The molecule has 0 aliphatic rings. The van der Waals surface area contributed by atoms with E-state index in [2.05, 4.69) is 15.0 Å². The van der Waals surface area contributed by atoms with Gasteiger partial charge in [-0.1, -0.05) is 6.07 Å². The highest BCUT2D eigenvalue weighted by Crippen LogP contribution is 2.30. The summed E-state index contributed by atoms with van der Waals surface area (Å²) in [5.74, 6) is 0. The Kier molecular flexibility index (Phi) is 3.86. The third-order valence-electron chi connectivity index (χ3n) is 2.99. The van der Waals surface area contributed by atoms with Crippen molar-refractivity contribution in [2.24, 2.45) is 4.99 Å². The molecule has 0 radical (unpaired) electrons. The molecule has 0 spiro atoms. The van der Waals surface area contributed by atoms with E-state index in [1.54, 1.807) is 35.9 Å². The first kappa shape index (κ1) is 13.9. The molecule has 0 saturated heterocycles. The molecule has 3 aromatic rings. The number of fused-ring (bicyclic) bond motifs is 1. The lowest BCUT2D eigenvalue weighted by Crippen LogP contribution is -1.90. The van der Waals surface area contributed by atoms with Gasteiger partial charge in [0.25, 0.3) is 0 Å². The second kappa shape index (κ2) is 6.13. The predicted molar refractivity (Wildman–Crippen MR) is 85.2 cm³/mol. The van der Waals surface area contributed by atoms with Crippen molar-refractivity contribution in [2.75, 3.05) is 0 Å². The largest absolute Gasteiger partial charge is 0.264 e. The summed E-state index contributed by atoms with van der Waals surface area (Å²) in [5.41, 5.74) is 2.73. The van der Waals surface area contributed by atoms with Crippen LogP contribution in [0.15, 0.2) is 47.7 Å². The van der Waals surface area contributed by atoms with E-state index in [1.165, 1.54) is 0 Å². The summed E-state index contributed by atoms with van der Waals surface area (Å²) >= 11 is 1.58. The van der Waals surface area contributed by atoms with Crippen molar-refractivity contribution in [3.05, 3.63) is 48.3 Å². The average molecular weight is 303 g/mol. The van der Waals surface area contributed by atoms with Gasteiger partial charge in [-0.15, -0.1) is 11.3 Å². The van der Waals surface area contributed by atoms with E-state index in [1.807, 2.05) is 30.3 Å². The Morgan fingerprint density at radius 2 is 2.09 bits per heavy atom. The Morgan fingerprint density at radius 1 is 1.23 bits per heavy atom. The predicted octanol–water partition coefficient (Wildman–Crippen LogP) is 3.35. The standard InChI is InChI=1S/C16H9N5S/c17-7-13(8-18)20-9-11-3-4-14-15(6-11)22-16(21-14)12-2-1-5-19-10-12/h1-6,10H,9H2. The normalized spacial score (nSPS) is 9.91. The molecule has 0 atom stereocenters. The number of benzene rings is 1. The first-order valence-corrected chi connectivity index (χ1v) is 7.26. The fraction of sp³-hybridized carbons (Fsp3) is 0.0625. The van der Waals surface area contributed by atoms with Gasteiger partial charge < -0.3 is 0 Å². The van der Waals surface area contributed by atoms with Crippen LogP contribution >= 0.6 is 11.3 Å². The fourth-order valence-electron chi connectivity index (χ4n) is 1.95. The van der Waals surface area contributed by atoms with Gasteiger partial charge in [-0.3, -0.25) is 9.98 Å². The molecule has 2 aromatic heterocycles. The molecule has 0 N–H and O–H groups in total. The summed E-state index contributed by atoms with van der Waals surface area (Å²) in [4.78, 5) is 12.7. The zero-order valence-electron chi connectivity index (χ0n) is 11.4. The Balaban J connectivity index is 1.93. The van der Waals surface area contributed by atoms with Gasteiger partial charge in [0.05, 0.1) is 16.8 Å². The summed E-state index contributed by atoms with van der Waals surface area (Å²) in [6.07, 6.45) is 3.52. The number of thiazole rings is 1. The van der Waals surface area contributed by atoms with E-state index >= 15 is 0 Å². The molecule has 0 amide bonds. The molecule has 6 heteroatoms. The highest BCUT2D eigenvalue weighted by atomic mass is 32.1. The maximum absolute atomic E-state index is 8.69. The average Bonchev–Trinajstić information content (AvgIpc) is 3.00. The summed E-state index contributed by atoms with van der Waals surface area (Å²) in [5, 5.41) is 18.3. The first-order chi connectivity index (χ1) is 10.8. The van der Waals surface area contributed by atoms with Gasteiger partial charge in [-0.25, -0.2) is 4.98 Å². The SMILES string of the molecule is N#CC(C#N)=NCc1ccc2nc(-c3cccnc3)sc2c1.